The molecule has 5 nitrogen and oxygen atoms in total. The van der Waals surface area contributed by atoms with Gasteiger partial charge in [-0.3, -0.25) is 4.90 Å². The molecule has 1 N–H and O–H groups in total. The summed E-state index contributed by atoms with van der Waals surface area (Å²) in [5.41, 5.74) is 2.12. The van der Waals surface area contributed by atoms with Gasteiger partial charge in [0.25, 0.3) is 0 Å². The molecule has 130 valence electrons. The Hall–Kier alpha value is -1.63. The van der Waals surface area contributed by atoms with Crippen LogP contribution >= 0.6 is 11.3 Å². The average molecular weight is 348 g/mol. The molecule has 2 aromatic rings. The number of hydrogen-bond acceptors (Lipinski definition) is 6. The molecule has 0 aliphatic carbocycles. The van der Waals surface area contributed by atoms with Crippen molar-refractivity contribution < 1.29 is 14.6 Å². The van der Waals surface area contributed by atoms with E-state index in [0.717, 1.165) is 54.5 Å². The molecular weight excluding hydrogens is 324 g/mol. The molecule has 0 amide bonds. The second kappa shape index (κ2) is 7.96. The second-order valence-corrected chi connectivity index (χ2v) is 7.00. The molecule has 1 aromatic heterocycles. The Morgan fingerprint density at radius 2 is 2.12 bits per heavy atom. The Labute approximate surface area is 146 Å². The maximum atomic E-state index is 9.36. The SMILES string of the molecule is COc1ccc(-c2nc(CN3CCCC(CO)C3)cs2)cc1OC. The van der Waals surface area contributed by atoms with Crippen molar-refractivity contribution in [2.75, 3.05) is 33.9 Å². The zero-order chi connectivity index (χ0) is 16.9. The molecule has 1 unspecified atom stereocenters. The van der Waals surface area contributed by atoms with E-state index in [2.05, 4.69) is 10.3 Å². The zero-order valence-corrected chi connectivity index (χ0v) is 15.0. The molecule has 1 aliphatic heterocycles. The molecule has 1 saturated heterocycles. The van der Waals surface area contributed by atoms with Crippen LogP contribution in [0.25, 0.3) is 10.6 Å². The molecule has 24 heavy (non-hydrogen) atoms. The van der Waals surface area contributed by atoms with Crippen molar-refractivity contribution in [2.45, 2.75) is 19.4 Å². The Balaban J connectivity index is 1.71. The van der Waals surface area contributed by atoms with Crippen LogP contribution < -0.4 is 9.47 Å². The molecule has 1 fully saturated rings. The molecule has 6 heteroatoms. The standard InChI is InChI=1S/C18H24N2O3S/c1-22-16-6-5-14(8-17(16)23-2)18-19-15(12-24-18)10-20-7-3-4-13(9-20)11-21/h5-6,8,12-13,21H,3-4,7,9-11H2,1-2H3. The normalized spacial score (nSPS) is 18.5. The Morgan fingerprint density at radius 3 is 2.88 bits per heavy atom. The van der Waals surface area contributed by atoms with Crippen molar-refractivity contribution in [1.29, 1.82) is 0 Å². The molecule has 1 aromatic carbocycles. The highest BCUT2D eigenvalue weighted by atomic mass is 32.1. The van der Waals surface area contributed by atoms with Crippen LogP contribution in [0.2, 0.25) is 0 Å². The highest BCUT2D eigenvalue weighted by Gasteiger charge is 2.20. The van der Waals surface area contributed by atoms with Crippen molar-refractivity contribution in [3.63, 3.8) is 0 Å². The number of likely N-dealkylation sites (tertiary alicyclic amines) is 1. The number of ether oxygens (including phenoxy) is 2. The van der Waals surface area contributed by atoms with Crippen molar-refractivity contribution in [1.82, 2.24) is 9.88 Å². The molecule has 2 heterocycles. The molecular formula is C18H24N2O3S. The van der Waals surface area contributed by atoms with Gasteiger partial charge in [0.05, 0.1) is 19.9 Å². The highest BCUT2D eigenvalue weighted by molar-refractivity contribution is 7.13. The van der Waals surface area contributed by atoms with Crippen molar-refractivity contribution in [3.8, 4) is 22.1 Å². The van der Waals surface area contributed by atoms with Crippen molar-refractivity contribution in [3.05, 3.63) is 29.3 Å². The topological polar surface area (TPSA) is 54.8 Å². The fraction of sp³-hybridized carbons (Fsp3) is 0.500. The molecule has 0 bridgehead atoms. The first kappa shape index (κ1) is 17.2. The van der Waals surface area contributed by atoms with E-state index in [9.17, 15) is 5.11 Å². The van der Waals surface area contributed by atoms with Crippen LogP contribution in [0.5, 0.6) is 11.5 Å². The predicted molar refractivity (Wildman–Crippen MR) is 95.7 cm³/mol. The third kappa shape index (κ3) is 3.88. The van der Waals surface area contributed by atoms with Crippen molar-refractivity contribution in [2.24, 2.45) is 5.92 Å². The first-order valence-electron chi connectivity index (χ1n) is 8.23. The first-order valence-corrected chi connectivity index (χ1v) is 9.11. The van der Waals surface area contributed by atoms with Crippen LogP contribution in [-0.4, -0.2) is 48.9 Å². The number of methoxy groups -OCH3 is 2. The number of piperidine rings is 1. The third-order valence-electron chi connectivity index (χ3n) is 4.43. The number of benzene rings is 1. The summed E-state index contributed by atoms with van der Waals surface area (Å²) in [6, 6.07) is 5.88. The van der Waals surface area contributed by atoms with Crippen LogP contribution in [0.4, 0.5) is 0 Å². The van der Waals surface area contributed by atoms with Gasteiger partial charge in [0.2, 0.25) is 0 Å². The van der Waals surface area contributed by atoms with Gasteiger partial charge >= 0.3 is 0 Å². The van der Waals surface area contributed by atoms with Crippen LogP contribution in [0.1, 0.15) is 18.5 Å². The molecule has 3 rings (SSSR count). The molecule has 1 atom stereocenters. The smallest absolute Gasteiger partial charge is 0.161 e. The quantitative estimate of drug-likeness (QED) is 0.870. The fourth-order valence-electron chi connectivity index (χ4n) is 3.15. The van der Waals surface area contributed by atoms with E-state index in [0.29, 0.717) is 11.7 Å². The fourth-order valence-corrected chi connectivity index (χ4v) is 3.96. The summed E-state index contributed by atoms with van der Waals surface area (Å²) < 4.78 is 10.7. The lowest BCUT2D eigenvalue weighted by Crippen LogP contribution is -2.36. The van der Waals surface area contributed by atoms with Crippen LogP contribution in [-0.2, 0) is 6.54 Å². The van der Waals surface area contributed by atoms with Gasteiger partial charge in [-0.05, 0) is 43.5 Å². The second-order valence-electron chi connectivity index (χ2n) is 6.14. The lowest BCUT2D eigenvalue weighted by molar-refractivity contribution is 0.115. The minimum absolute atomic E-state index is 0.282. The summed E-state index contributed by atoms with van der Waals surface area (Å²) in [6.07, 6.45) is 2.28. The summed E-state index contributed by atoms with van der Waals surface area (Å²) in [4.78, 5) is 7.16. The predicted octanol–water partition coefficient (Wildman–Crippen LogP) is 3.03. The van der Waals surface area contributed by atoms with Crippen molar-refractivity contribution >= 4 is 11.3 Å². The minimum atomic E-state index is 0.282. The molecule has 0 saturated carbocycles. The van der Waals surface area contributed by atoms with Gasteiger partial charge in [0, 0.05) is 30.6 Å². The van der Waals surface area contributed by atoms with Crippen LogP contribution in [0.3, 0.4) is 0 Å². The molecule has 0 radical (unpaired) electrons. The van der Waals surface area contributed by atoms with Gasteiger partial charge in [-0.2, -0.15) is 0 Å². The number of rotatable bonds is 6. The van der Waals surface area contributed by atoms with Crippen LogP contribution in [0.15, 0.2) is 23.6 Å². The number of nitrogens with zero attached hydrogens (tertiary/aromatic N) is 2. The van der Waals surface area contributed by atoms with E-state index in [4.69, 9.17) is 14.5 Å². The van der Waals surface area contributed by atoms with Gasteiger partial charge < -0.3 is 14.6 Å². The monoisotopic (exact) mass is 348 g/mol. The molecule has 0 spiro atoms. The third-order valence-corrected chi connectivity index (χ3v) is 5.37. The van der Waals surface area contributed by atoms with Gasteiger partial charge in [0.1, 0.15) is 5.01 Å². The maximum absolute atomic E-state index is 9.36. The van der Waals surface area contributed by atoms with Gasteiger partial charge in [-0.1, -0.05) is 0 Å². The minimum Gasteiger partial charge on any atom is -0.493 e. The maximum Gasteiger partial charge on any atom is 0.161 e. The lowest BCUT2D eigenvalue weighted by Gasteiger charge is -2.31. The number of thiazole rings is 1. The van der Waals surface area contributed by atoms with Gasteiger partial charge in [-0.15, -0.1) is 11.3 Å². The summed E-state index contributed by atoms with van der Waals surface area (Å²) in [5.74, 6) is 1.85. The largest absolute Gasteiger partial charge is 0.493 e. The lowest BCUT2D eigenvalue weighted by atomic mass is 9.99. The zero-order valence-electron chi connectivity index (χ0n) is 14.2. The molecule has 1 aliphatic rings. The van der Waals surface area contributed by atoms with Crippen LogP contribution in [0, 0.1) is 5.92 Å². The number of aromatic nitrogens is 1. The van der Waals surface area contributed by atoms with Gasteiger partial charge in [-0.25, -0.2) is 4.98 Å². The average Bonchev–Trinajstić information content (AvgIpc) is 3.09. The first-order chi connectivity index (χ1) is 11.7. The Bertz CT molecular complexity index is 674. The van der Waals surface area contributed by atoms with E-state index in [1.165, 1.54) is 0 Å². The summed E-state index contributed by atoms with van der Waals surface area (Å²) in [5, 5.41) is 12.5. The highest BCUT2D eigenvalue weighted by Crippen LogP contribution is 2.33. The summed E-state index contributed by atoms with van der Waals surface area (Å²) in [6.45, 7) is 3.17. The van der Waals surface area contributed by atoms with E-state index in [1.807, 2.05) is 18.2 Å². The van der Waals surface area contributed by atoms with E-state index >= 15 is 0 Å². The summed E-state index contributed by atoms with van der Waals surface area (Å²) in [7, 11) is 3.28. The number of aliphatic hydroxyl groups is 1. The Morgan fingerprint density at radius 1 is 1.29 bits per heavy atom. The number of hydrogen-bond donors (Lipinski definition) is 1. The van der Waals surface area contributed by atoms with E-state index in [-0.39, 0.29) is 6.61 Å². The number of aliphatic hydroxyl groups excluding tert-OH is 1. The van der Waals surface area contributed by atoms with E-state index in [1.54, 1.807) is 25.6 Å². The summed E-state index contributed by atoms with van der Waals surface area (Å²) >= 11 is 1.65. The van der Waals surface area contributed by atoms with Gasteiger partial charge in [0.15, 0.2) is 11.5 Å². The Kier molecular flexibility index (Phi) is 5.71. The van der Waals surface area contributed by atoms with E-state index < -0.39 is 0 Å².